The van der Waals surface area contributed by atoms with Gasteiger partial charge >= 0.3 is 0 Å². The van der Waals surface area contributed by atoms with E-state index in [2.05, 4.69) is 10.2 Å². The molecule has 1 amide bonds. The van der Waals surface area contributed by atoms with Crippen LogP contribution in [0.2, 0.25) is 5.02 Å². The largest absolute Gasteiger partial charge is 0.372 e. The molecular weight excluding hydrogens is 436 g/mol. The van der Waals surface area contributed by atoms with Crippen molar-refractivity contribution in [1.29, 1.82) is 0 Å². The van der Waals surface area contributed by atoms with Gasteiger partial charge in [0.1, 0.15) is 0 Å². The predicted octanol–water partition coefficient (Wildman–Crippen LogP) is 2.89. The van der Waals surface area contributed by atoms with Gasteiger partial charge in [-0.3, -0.25) is 9.69 Å². The minimum absolute atomic E-state index is 0.0972. The van der Waals surface area contributed by atoms with Gasteiger partial charge in [0.05, 0.1) is 11.4 Å². The molecule has 2 fully saturated rings. The standard InChI is InChI=1S/C22H27ClN4O3S/c23-18-4-3-5-21(16-18)31(29,30)27-14-12-25(13-15-27)17-22(28)24-19-6-8-20(9-7-19)26-10-1-2-11-26/h3-9,16H,1-2,10-15,17H2,(H,24,28). The molecule has 2 aromatic rings. The Bertz CT molecular complexity index is 1020. The third-order valence-electron chi connectivity index (χ3n) is 5.75. The molecular formula is C22H27ClN4O3S. The lowest BCUT2D eigenvalue weighted by Gasteiger charge is -2.33. The molecule has 4 rings (SSSR count). The van der Waals surface area contributed by atoms with E-state index in [0.29, 0.717) is 31.2 Å². The SMILES string of the molecule is O=C(CN1CCN(S(=O)(=O)c2cccc(Cl)c2)CC1)Nc1ccc(N2CCCC2)cc1. The molecule has 2 saturated heterocycles. The Balaban J connectivity index is 1.27. The fourth-order valence-corrected chi connectivity index (χ4v) is 5.76. The first-order valence-electron chi connectivity index (χ1n) is 10.5. The number of anilines is 2. The minimum atomic E-state index is -3.58. The van der Waals surface area contributed by atoms with Crippen molar-refractivity contribution in [2.45, 2.75) is 17.7 Å². The molecule has 0 aromatic heterocycles. The summed E-state index contributed by atoms with van der Waals surface area (Å²) in [6, 6.07) is 14.2. The number of hydrogen-bond acceptors (Lipinski definition) is 5. The molecule has 0 radical (unpaired) electrons. The summed E-state index contributed by atoms with van der Waals surface area (Å²) in [6.45, 7) is 4.09. The monoisotopic (exact) mass is 462 g/mol. The van der Waals surface area contributed by atoms with E-state index in [-0.39, 0.29) is 17.3 Å². The molecule has 2 heterocycles. The molecule has 1 N–H and O–H groups in total. The maximum Gasteiger partial charge on any atom is 0.243 e. The Morgan fingerprint density at radius 2 is 1.61 bits per heavy atom. The van der Waals surface area contributed by atoms with Crippen LogP contribution in [0.15, 0.2) is 53.4 Å². The Morgan fingerprint density at radius 3 is 2.26 bits per heavy atom. The van der Waals surface area contributed by atoms with E-state index >= 15 is 0 Å². The molecule has 31 heavy (non-hydrogen) atoms. The van der Waals surface area contributed by atoms with Crippen molar-refractivity contribution in [3.63, 3.8) is 0 Å². The highest BCUT2D eigenvalue weighted by molar-refractivity contribution is 7.89. The first-order valence-corrected chi connectivity index (χ1v) is 12.4. The third-order valence-corrected chi connectivity index (χ3v) is 7.88. The van der Waals surface area contributed by atoms with Gasteiger partial charge in [-0.2, -0.15) is 4.31 Å². The van der Waals surface area contributed by atoms with Crippen LogP contribution in [0.3, 0.4) is 0 Å². The molecule has 0 aliphatic carbocycles. The van der Waals surface area contributed by atoms with Crippen LogP contribution in [-0.4, -0.2) is 69.3 Å². The van der Waals surface area contributed by atoms with Crippen LogP contribution in [0, 0.1) is 0 Å². The van der Waals surface area contributed by atoms with Gasteiger partial charge < -0.3 is 10.2 Å². The minimum Gasteiger partial charge on any atom is -0.372 e. The summed E-state index contributed by atoms with van der Waals surface area (Å²) < 4.78 is 27.0. The Morgan fingerprint density at radius 1 is 0.935 bits per heavy atom. The zero-order chi connectivity index (χ0) is 21.8. The van der Waals surface area contributed by atoms with Crippen molar-refractivity contribution in [1.82, 2.24) is 9.21 Å². The molecule has 0 spiro atoms. The van der Waals surface area contributed by atoms with Crippen LogP contribution >= 0.6 is 11.6 Å². The molecule has 0 unspecified atom stereocenters. The summed E-state index contributed by atoms with van der Waals surface area (Å²) >= 11 is 5.94. The van der Waals surface area contributed by atoms with Gasteiger partial charge in [-0.05, 0) is 55.3 Å². The second-order valence-electron chi connectivity index (χ2n) is 7.93. The highest BCUT2D eigenvalue weighted by Gasteiger charge is 2.29. The van der Waals surface area contributed by atoms with E-state index < -0.39 is 10.0 Å². The lowest BCUT2D eigenvalue weighted by atomic mass is 10.2. The number of nitrogens with one attached hydrogen (secondary N) is 1. The average Bonchev–Trinajstić information content (AvgIpc) is 3.29. The van der Waals surface area contributed by atoms with E-state index in [9.17, 15) is 13.2 Å². The summed E-state index contributed by atoms with van der Waals surface area (Å²) in [5, 5.41) is 3.33. The van der Waals surface area contributed by atoms with Crippen molar-refractivity contribution in [3.8, 4) is 0 Å². The molecule has 2 aliphatic rings. The van der Waals surface area contributed by atoms with Gasteiger partial charge in [0, 0.05) is 55.7 Å². The smallest absolute Gasteiger partial charge is 0.243 e. The zero-order valence-electron chi connectivity index (χ0n) is 17.3. The normalized spacial score (nSPS) is 18.3. The number of amides is 1. The number of sulfonamides is 1. The van der Waals surface area contributed by atoms with Crippen LogP contribution in [0.5, 0.6) is 0 Å². The number of piperazine rings is 1. The molecule has 166 valence electrons. The van der Waals surface area contributed by atoms with Crippen molar-refractivity contribution >= 4 is 38.9 Å². The number of halogens is 1. The summed E-state index contributed by atoms with van der Waals surface area (Å²) in [5.74, 6) is -0.0972. The second-order valence-corrected chi connectivity index (χ2v) is 10.3. The lowest BCUT2D eigenvalue weighted by molar-refractivity contribution is -0.117. The number of carbonyl (C=O) groups excluding carboxylic acids is 1. The highest BCUT2D eigenvalue weighted by atomic mass is 35.5. The van der Waals surface area contributed by atoms with Crippen molar-refractivity contribution in [2.75, 3.05) is 56.0 Å². The molecule has 2 aromatic carbocycles. The van der Waals surface area contributed by atoms with E-state index in [1.54, 1.807) is 18.2 Å². The van der Waals surface area contributed by atoms with Gasteiger partial charge in [-0.25, -0.2) is 8.42 Å². The van der Waals surface area contributed by atoms with Crippen LogP contribution in [0.1, 0.15) is 12.8 Å². The Hall–Kier alpha value is -2.13. The van der Waals surface area contributed by atoms with Crippen molar-refractivity contribution in [2.24, 2.45) is 0 Å². The van der Waals surface area contributed by atoms with Crippen molar-refractivity contribution in [3.05, 3.63) is 53.6 Å². The van der Waals surface area contributed by atoms with E-state index in [1.165, 1.54) is 28.9 Å². The van der Waals surface area contributed by atoms with E-state index in [4.69, 9.17) is 11.6 Å². The number of hydrogen-bond donors (Lipinski definition) is 1. The van der Waals surface area contributed by atoms with Gasteiger partial charge in [0.25, 0.3) is 0 Å². The summed E-state index contributed by atoms with van der Waals surface area (Å²) in [5.41, 5.74) is 1.96. The molecule has 0 bridgehead atoms. The quantitative estimate of drug-likeness (QED) is 0.714. The fraction of sp³-hybridized carbons (Fsp3) is 0.409. The number of benzene rings is 2. The van der Waals surface area contributed by atoms with Crippen LogP contribution < -0.4 is 10.2 Å². The molecule has 7 nitrogen and oxygen atoms in total. The molecule has 9 heteroatoms. The first-order chi connectivity index (χ1) is 14.9. The topological polar surface area (TPSA) is 73.0 Å². The second kappa shape index (κ2) is 9.56. The fourth-order valence-electron chi connectivity index (χ4n) is 4.04. The number of rotatable bonds is 6. The Labute approximate surface area is 188 Å². The van der Waals surface area contributed by atoms with E-state index in [1.807, 2.05) is 29.2 Å². The van der Waals surface area contributed by atoms with Gasteiger partial charge in [-0.15, -0.1) is 0 Å². The Kier molecular flexibility index (Phi) is 6.81. The summed E-state index contributed by atoms with van der Waals surface area (Å²) in [4.78, 5) is 17.0. The van der Waals surface area contributed by atoms with Gasteiger partial charge in [0.2, 0.25) is 15.9 Å². The van der Waals surface area contributed by atoms with Gasteiger partial charge in [-0.1, -0.05) is 17.7 Å². The summed E-state index contributed by atoms with van der Waals surface area (Å²) in [6.07, 6.45) is 2.46. The molecule has 2 aliphatic heterocycles. The van der Waals surface area contributed by atoms with Gasteiger partial charge in [0.15, 0.2) is 0 Å². The van der Waals surface area contributed by atoms with Crippen molar-refractivity contribution < 1.29 is 13.2 Å². The number of nitrogens with zero attached hydrogens (tertiary/aromatic N) is 3. The van der Waals surface area contributed by atoms with E-state index in [0.717, 1.165) is 18.8 Å². The maximum atomic E-state index is 12.8. The lowest BCUT2D eigenvalue weighted by Crippen LogP contribution is -2.50. The van der Waals surface area contributed by atoms with Crippen LogP contribution in [0.25, 0.3) is 0 Å². The molecule has 0 saturated carbocycles. The average molecular weight is 463 g/mol. The number of carbonyl (C=O) groups is 1. The third kappa shape index (κ3) is 5.38. The summed E-state index contributed by atoms with van der Waals surface area (Å²) in [7, 11) is -3.58. The highest BCUT2D eigenvalue weighted by Crippen LogP contribution is 2.23. The predicted molar refractivity (Wildman–Crippen MR) is 123 cm³/mol. The maximum absolute atomic E-state index is 12.8. The molecule has 0 atom stereocenters. The first kappa shape index (κ1) is 22.1. The zero-order valence-corrected chi connectivity index (χ0v) is 18.9. The van der Waals surface area contributed by atoms with Crippen LogP contribution in [0.4, 0.5) is 11.4 Å². The van der Waals surface area contributed by atoms with Crippen LogP contribution in [-0.2, 0) is 14.8 Å².